The second-order valence-corrected chi connectivity index (χ2v) is 7.63. The highest BCUT2D eigenvalue weighted by Gasteiger charge is 2.38. The molecule has 6 nitrogen and oxygen atoms in total. The van der Waals surface area contributed by atoms with E-state index in [2.05, 4.69) is 20.9 Å². The molecule has 0 bridgehead atoms. The molecule has 0 N–H and O–H groups in total. The summed E-state index contributed by atoms with van der Waals surface area (Å²) < 4.78 is 27.9. The standard InChI is InChI=1S/C10H10BrClN2O4S/c1-18-8-3-2-7(10(11)13-8)14-5-6(4-9(14)15)19(12,16)17/h2-3,6H,4-5H2,1H3. The first-order valence-electron chi connectivity index (χ1n) is 5.27. The maximum Gasteiger partial charge on any atom is 0.237 e. The topological polar surface area (TPSA) is 76.6 Å². The highest BCUT2D eigenvalue weighted by molar-refractivity contribution is 9.10. The van der Waals surface area contributed by atoms with E-state index < -0.39 is 14.3 Å². The van der Waals surface area contributed by atoms with Gasteiger partial charge < -0.3 is 9.64 Å². The molecule has 2 heterocycles. The Morgan fingerprint density at radius 1 is 1.53 bits per heavy atom. The number of anilines is 1. The fraction of sp³-hybridized carbons (Fsp3) is 0.400. The smallest absolute Gasteiger partial charge is 0.237 e. The molecular weight excluding hydrogens is 360 g/mol. The third kappa shape index (κ3) is 3.01. The van der Waals surface area contributed by atoms with Crippen LogP contribution in [0.2, 0.25) is 0 Å². The Labute approximate surface area is 123 Å². The summed E-state index contributed by atoms with van der Waals surface area (Å²) in [4.78, 5) is 17.3. The zero-order valence-corrected chi connectivity index (χ0v) is 13.0. The van der Waals surface area contributed by atoms with Crippen molar-refractivity contribution in [2.24, 2.45) is 0 Å². The normalized spacial score (nSPS) is 19.8. The van der Waals surface area contributed by atoms with Gasteiger partial charge in [-0.3, -0.25) is 4.79 Å². The molecule has 104 valence electrons. The highest BCUT2D eigenvalue weighted by Crippen LogP contribution is 2.32. The number of nitrogens with zero attached hydrogens (tertiary/aromatic N) is 2. The summed E-state index contributed by atoms with van der Waals surface area (Å²) in [6, 6.07) is 3.23. The number of carbonyl (C=O) groups is 1. The van der Waals surface area contributed by atoms with Gasteiger partial charge in [-0.1, -0.05) is 0 Å². The minimum Gasteiger partial charge on any atom is -0.481 e. The molecular formula is C10H10BrClN2O4S. The number of hydrogen-bond acceptors (Lipinski definition) is 5. The lowest BCUT2D eigenvalue weighted by Gasteiger charge is -2.17. The summed E-state index contributed by atoms with van der Waals surface area (Å²) in [6.45, 7) is 0.0251. The lowest BCUT2D eigenvalue weighted by atomic mass is 10.4. The van der Waals surface area contributed by atoms with Crippen LogP contribution in [0.25, 0.3) is 0 Å². The predicted octanol–water partition coefficient (Wildman–Crippen LogP) is 1.53. The number of methoxy groups -OCH3 is 1. The zero-order chi connectivity index (χ0) is 14.2. The van der Waals surface area contributed by atoms with E-state index in [1.54, 1.807) is 12.1 Å². The first kappa shape index (κ1) is 14.5. The summed E-state index contributed by atoms with van der Waals surface area (Å²) >= 11 is 3.23. The molecule has 0 radical (unpaired) electrons. The fourth-order valence-corrected chi connectivity index (χ4v) is 3.37. The predicted molar refractivity (Wildman–Crippen MR) is 74.0 cm³/mol. The Hall–Kier alpha value is -0.860. The number of ether oxygens (including phenoxy) is 1. The van der Waals surface area contributed by atoms with Crippen LogP contribution in [0.5, 0.6) is 5.88 Å². The molecule has 1 aliphatic rings. The van der Waals surface area contributed by atoms with Gasteiger partial charge in [0.25, 0.3) is 0 Å². The minimum atomic E-state index is -3.75. The number of aromatic nitrogens is 1. The monoisotopic (exact) mass is 368 g/mol. The van der Waals surface area contributed by atoms with Crippen molar-refractivity contribution in [3.05, 3.63) is 16.7 Å². The second-order valence-electron chi connectivity index (χ2n) is 3.97. The summed E-state index contributed by atoms with van der Waals surface area (Å²) in [6.07, 6.45) is -0.121. The lowest BCUT2D eigenvalue weighted by molar-refractivity contribution is -0.117. The molecule has 1 atom stereocenters. The van der Waals surface area contributed by atoms with Crippen molar-refractivity contribution < 1.29 is 17.9 Å². The fourth-order valence-electron chi connectivity index (χ4n) is 1.82. The molecule has 0 saturated carbocycles. The molecule has 1 unspecified atom stereocenters. The number of hydrogen-bond donors (Lipinski definition) is 0. The summed E-state index contributed by atoms with van der Waals surface area (Å²) in [5.74, 6) is 0.0886. The van der Waals surface area contributed by atoms with E-state index in [0.29, 0.717) is 16.2 Å². The van der Waals surface area contributed by atoms with Gasteiger partial charge in [-0.2, -0.15) is 0 Å². The van der Waals surface area contributed by atoms with Crippen LogP contribution < -0.4 is 9.64 Å². The van der Waals surface area contributed by atoms with E-state index in [1.807, 2.05) is 0 Å². The van der Waals surface area contributed by atoms with Gasteiger partial charge in [0.2, 0.25) is 20.8 Å². The van der Waals surface area contributed by atoms with E-state index in [4.69, 9.17) is 15.4 Å². The Morgan fingerprint density at radius 3 is 2.68 bits per heavy atom. The number of rotatable bonds is 3. The van der Waals surface area contributed by atoms with E-state index in [9.17, 15) is 13.2 Å². The van der Waals surface area contributed by atoms with Gasteiger partial charge in [0.1, 0.15) is 9.85 Å². The van der Waals surface area contributed by atoms with Crippen molar-refractivity contribution in [3.8, 4) is 5.88 Å². The molecule has 1 fully saturated rings. The zero-order valence-electron chi connectivity index (χ0n) is 9.84. The highest BCUT2D eigenvalue weighted by atomic mass is 79.9. The molecule has 0 aliphatic carbocycles. The average Bonchev–Trinajstić information content (AvgIpc) is 2.71. The SMILES string of the molecule is COc1ccc(N2CC(S(=O)(=O)Cl)CC2=O)c(Br)n1. The summed E-state index contributed by atoms with van der Waals surface area (Å²) in [5, 5.41) is -0.893. The number of pyridine rings is 1. The Bertz CT molecular complexity index is 622. The van der Waals surface area contributed by atoms with Crippen molar-refractivity contribution >= 4 is 47.3 Å². The molecule has 1 amide bonds. The van der Waals surface area contributed by atoms with E-state index in [1.165, 1.54) is 12.0 Å². The van der Waals surface area contributed by atoms with Crippen molar-refractivity contribution in [2.75, 3.05) is 18.6 Å². The van der Waals surface area contributed by atoms with E-state index in [0.717, 1.165) is 0 Å². The van der Waals surface area contributed by atoms with Crippen LogP contribution in [-0.4, -0.2) is 38.2 Å². The van der Waals surface area contributed by atoms with Crippen LogP contribution in [0.4, 0.5) is 5.69 Å². The Morgan fingerprint density at radius 2 is 2.21 bits per heavy atom. The van der Waals surface area contributed by atoms with Crippen LogP contribution in [0.15, 0.2) is 16.7 Å². The minimum absolute atomic E-state index is 0.0251. The van der Waals surface area contributed by atoms with Crippen LogP contribution in [0.1, 0.15) is 6.42 Å². The van der Waals surface area contributed by atoms with Crippen LogP contribution >= 0.6 is 26.6 Å². The third-order valence-corrected chi connectivity index (χ3v) is 5.24. The number of carbonyl (C=O) groups excluding carboxylic acids is 1. The second kappa shape index (κ2) is 5.26. The quantitative estimate of drug-likeness (QED) is 0.596. The molecule has 1 aromatic heterocycles. The Balaban J connectivity index is 2.31. The first-order chi connectivity index (χ1) is 8.82. The lowest BCUT2D eigenvalue weighted by Crippen LogP contribution is -2.27. The van der Waals surface area contributed by atoms with Crippen molar-refractivity contribution in [2.45, 2.75) is 11.7 Å². The summed E-state index contributed by atoms with van der Waals surface area (Å²) in [7, 11) is 3.02. The molecule has 1 saturated heterocycles. The average molecular weight is 370 g/mol. The van der Waals surface area contributed by atoms with Gasteiger partial charge in [-0.25, -0.2) is 13.4 Å². The third-order valence-electron chi connectivity index (χ3n) is 2.79. The maximum absolute atomic E-state index is 11.9. The largest absolute Gasteiger partial charge is 0.481 e. The van der Waals surface area contributed by atoms with E-state index >= 15 is 0 Å². The number of halogens is 2. The van der Waals surface area contributed by atoms with Gasteiger partial charge in [0, 0.05) is 29.7 Å². The van der Waals surface area contributed by atoms with E-state index in [-0.39, 0.29) is 18.9 Å². The van der Waals surface area contributed by atoms with Crippen LogP contribution in [0.3, 0.4) is 0 Å². The van der Waals surface area contributed by atoms with Crippen LogP contribution in [0, 0.1) is 0 Å². The van der Waals surface area contributed by atoms with Crippen molar-refractivity contribution in [3.63, 3.8) is 0 Å². The maximum atomic E-state index is 11.9. The number of amides is 1. The molecule has 0 spiro atoms. The molecule has 9 heteroatoms. The molecule has 1 aromatic rings. The van der Waals surface area contributed by atoms with Gasteiger partial charge in [0.15, 0.2) is 0 Å². The van der Waals surface area contributed by atoms with Gasteiger partial charge in [-0.15, -0.1) is 0 Å². The van der Waals surface area contributed by atoms with Gasteiger partial charge >= 0.3 is 0 Å². The first-order valence-corrected chi connectivity index (χ1v) is 8.44. The summed E-state index contributed by atoms with van der Waals surface area (Å²) in [5.41, 5.74) is 0.494. The van der Waals surface area contributed by atoms with Gasteiger partial charge in [-0.05, 0) is 22.0 Å². The van der Waals surface area contributed by atoms with Crippen molar-refractivity contribution in [1.82, 2.24) is 4.98 Å². The molecule has 2 rings (SSSR count). The molecule has 0 aromatic carbocycles. The van der Waals surface area contributed by atoms with Gasteiger partial charge in [0.05, 0.1) is 12.8 Å². The van der Waals surface area contributed by atoms with Crippen molar-refractivity contribution in [1.29, 1.82) is 0 Å². The van der Waals surface area contributed by atoms with Crippen LogP contribution in [-0.2, 0) is 13.8 Å². The molecule has 1 aliphatic heterocycles. The molecule has 19 heavy (non-hydrogen) atoms. The Kier molecular flexibility index (Phi) is 4.03.